The molecule has 3 aromatic rings. The maximum Gasteiger partial charge on any atom is 0.226 e. The van der Waals surface area contributed by atoms with Crippen molar-refractivity contribution in [2.24, 2.45) is 5.41 Å². The number of Topliss-reactive ketones (excluding diaryl/α,β-unsaturated/α-hetero) is 1. The Kier molecular flexibility index (Phi) is 4.22. The fourth-order valence-corrected chi connectivity index (χ4v) is 4.55. The Hall–Kier alpha value is -3.12. The number of hydrogen-bond donors (Lipinski definition) is 2. The van der Waals surface area contributed by atoms with Crippen molar-refractivity contribution >= 4 is 23.3 Å². The first kappa shape index (κ1) is 18.9. The Balaban J connectivity index is 1.69. The second-order valence-electron chi connectivity index (χ2n) is 8.67. The Morgan fingerprint density at radius 2 is 1.97 bits per heavy atom. The summed E-state index contributed by atoms with van der Waals surface area (Å²) in [5.41, 5.74) is 3.02. The van der Waals surface area contributed by atoms with E-state index in [4.69, 9.17) is 21.7 Å². The molecule has 0 fully saturated rings. The lowest BCUT2D eigenvalue weighted by Gasteiger charge is -2.38. The van der Waals surface area contributed by atoms with Crippen molar-refractivity contribution in [2.45, 2.75) is 32.7 Å². The maximum atomic E-state index is 13.2. The summed E-state index contributed by atoms with van der Waals surface area (Å²) in [6.45, 7) is 4.19. The fraction of sp³-hybridized carbons (Fsp3) is 0.261. The van der Waals surface area contributed by atoms with E-state index in [1.807, 2.05) is 24.3 Å². The molecular weight excluding hydrogens is 400 g/mol. The van der Waals surface area contributed by atoms with Crippen molar-refractivity contribution in [3.05, 3.63) is 70.4 Å². The smallest absolute Gasteiger partial charge is 0.226 e. The molecule has 1 aliphatic carbocycles. The third-order valence-corrected chi connectivity index (χ3v) is 5.84. The molecule has 0 radical (unpaired) electrons. The van der Waals surface area contributed by atoms with Gasteiger partial charge in [-0.05, 0) is 41.7 Å². The van der Waals surface area contributed by atoms with Gasteiger partial charge in [-0.25, -0.2) is 4.68 Å². The van der Waals surface area contributed by atoms with Crippen LogP contribution in [0.2, 0.25) is 5.02 Å². The van der Waals surface area contributed by atoms with Gasteiger partial charge in [0.2, 0.25) is 5.95 Å². The number of fused-ring (bicyclic) bond motifs is 1. The van der Waals surface area contributed by atoms with E-state index in [0.29, 0.717) is 28.8 Å². The summed E-state index contributed by atoms with van der Waals surface area (Å²) < 4.78 is 1.74. The summed E-state index contributed by atoms with van der Waals surface area (Å²) >= 11 is 6.15. The molecule has 5 rings (SSSR count). The number of hydrogen-bond acceptors (Lipinski definition) is 5. The van der Waals surface area contributed by atoms with Crippen LogP contribution in [0, 0.1) is 5.41 Å². The molecular formula is C23H21ClN4O2. The van der Waals surface area contributed by atoms with Crippen LogP contribution >= 0.6 is 11.6 Å². The third-order valence-electron chi connectivity index (χ3n) is 5.60. The summed E-state index contributed by atoms with van der Waals surface area (Å²) in [6, 6.07) is 13.9. The van der Waals surface area contributed by atoms with Crippen LogP contribution in [-0.2, 0) is 4.79 Å². The molecule has 30 heavy (non-hydrogen) atoms. The molecule has 1 atom stereocenters. The Bertz CT molecular complexity index is 1210. The minimum atomic E-state index is -0.451. The average Bonchev–Trinajstić information content (AvgIpc) is 3.09. The van der Waals surface area contributed by atoms with Gasteiger partial charge < -0.3 is 10.4 Å². The molecule has 2 aliphatic rings. The molecule has 0 spiro atoms. The van der Waals surface area contributed by atoms with Crippen LogP contribution in [0.5, 0.6) is 5.75 Å². The average molecular weight is 421 g/mol. The molecule has 7 heteroatoms. The molecule has 0 amide bonds. The van der Waals surface area contributed by atoms with Crippen LogP contribution < -0.4 is 5.32 Å². The highest BCUT2D eigenvalue weighted by atomic mass is 35.5. The number of allylic oxidation sites excluding steroid dienone is 2. The number of nitrogens with zero attached hydrogens (tertiary/aromatic N) is 3. The largest absolute Gasteiger partial charge is 0.508 e. The number of carbonyl (C=O) groups excluding carboxylic acids is 1. The SMILES string of the molecule is CC1(C)CC(=O)C2=C(C1)Nc1nc(-c3cccc(Cl)c3)nn1C2c1cccc(O)c1. The molecule has 1 aromatic heterocycles. The van der Waals surface area contributed by atoms with Gasteiger partial charge in [-0.3, -0.25) is 4.79 Å². The standard InChI is InChI=1S/C23H21ClN4O2/c1-23(2)11-17-19(18(30)12-23)20(13-5-4-8-16(29)10-13)28-22(25-17)26-21(27-28)14-6-3-7-15(24)9-14/h3-10,20,29H,11-12H2,1-2H3,(H,25,26,27). The zero-order valence-corrected chi connectivity index (χ0v) is 17.4. The summed E-state index contributed by atoms with van der Waals surface area (Å²) in [5.74, 6) is 1.33. The first-order chi connectivity index (χ1) is 14.3. The number of rotatable bonds is 2. The van der Waals surface area contributed by atoms with E-state index in [9.17, 15) is 9.90 Å². The fourth-order valence-electron chi connectivity index (χ4n) is 4.36. The quantitative estimate of drug-likeness (QED) is 0.612. The number of aromatic nitrogens is 3. The zero-order valence-electron chi connectivity index (χ0n) is 16.7. The van der Waals surface area contributed by atoms with Crippen molar-refractivity contribution in [3.8, 4) is 17.1 Å². The molecule has 1 unspecified atom stereocenters. The number of phenols is 1. The number of nitrogens with one attached hydrogen (secondary N) is 1. The maximum absolute atomic E-state index is 13.2. The number of phenolic OH excluding ortho intramolecular Hbond substituents is 1. The number of benzene rings is 2. The Morgan fingerprint density at radius 1 is 1.17 bits per heavy atom. The lowest BCUT2D eigenvalue weighted by molar-refractivity contribution is -0.118. The van der Waals surface area contributed by atoms with Gasteiger partial charge in [0.1, 0.15) is 11.8 Å². The van der Waals surface area contributed by atoms with Crippen LogP contribution in [0.3, 0.4) is 0 Å². The number of ketones is 1. The summed E-state index contributed by atoms with van der Waals surface area (Å²) in [6.07, 6.45) is 1.21. The number of carbonyl (C=O) groups is 1. The number of halogens is 1. The highest BCUT2D eigenvalue weighted by Gasteiger charge is 2.42. The van der Waals surface area contributed by atoms with Crippen LogP contribution in [-0.4, -0.2) is 25.7 Å². The normalized spacial score (nSPS) is 19.8. The minimum Gasteiger partial charge on any atom is -0.508 e. The second-order valence-corrected chi connectivity index (χ2v) is 9.11. The minimum absolute atomic E-state index is 0.0903. The molecule has 0 saturated carbocycles. The highest BCUT2D eigenvalue weighted by Crippen LogP contribution is 2.46. The molecule has 1 aliphatic heterocycles. The van der Waals surface area contributed by atoms with Gasteiger partial charge in [-0.15, -0.1) is 5.10 Å². The molecule has 152 valence electrons. The zero-order chi connectivity index (χ0) is 21.0. The first-order valence-corrected chi connectivity index (χ1v) is 10.2. The number of aromatic hydroxyl groups is 1. The van der Waals surface area contributed by atoms with Crippen molar-refractivity contribution in [1.82, 2.24) is 14.8 Å². The van der Waals surface area contributed by atoms with Gasteiger partial charge in [0, 0.05) is 28.3 Å². The van der Waals surface area contributed by atoms with Crippen LogP contribution in [0.1, 0.15) is 38.3 Å². The second kappa shape index (κ2) is 6.71. The Labute approximate surface area is 179 Å². The van der Waals surface area contributed by atoms with Gasteiger partial charge in [0.15, 0.2) is 11.6 Å². The monoisotopic (exact) mass is 420 g/mol. The summed E-state index contributed by atoms with van der Waals surface area (Å²) in [7, 11) is 0. The molecule has 2 heterocycles. The van der Waals surface area contributed by atoms with E-state index >= 15 is 0 Å². The van der Waals surface area contributed by atoms with Crippen LogP contribution in [0.4, 0.5) is 5.95 Å². The van der Waals surface area contributed by atoms with E-state index in [2.05, 4.69) is 19.2 Å². The van der Waals surface area contributed by atoms with E-state index in [1.54, 1.807) is 28.9 Å². The van der Waals surface area contributed by atoms with E-state index in [-0.39, 0.29) is 16.9 Å². The molecule has 0 saturated heterocycles. The van der Waals surface area contributed by atoms with Gasteiger partial charge >= 0.3 is 0 Å². The van der Waals surface area contributed by atoms with E-state index in [0.717, 1.165) is 23.2 Å². The molecule has 2 aromatic carbocycles. The van der Waals surface area contributed by atoms with Crippen molar-refractivity contribution in [2.75, 3.05) is 5.32 Å². The first-order valence-electron chi connectivity index (χ1n) is 9.85. The van der Waals surface area contributed by atoms with Gasteiger partial charge in [0.05, 0.1) is 0 Å². The predicted molar refractivity (Wildman–Crippen MR) is 115 cm³/mol. The molecule has 0 bridgehead atoms. The lowest BCUT2D eigenvalue weighted by atomic mass is 9.73. The highest BCUT2D eigenvalue weighted by molar-refractivity contribution is 6.30. The lowest BCUT2D eigenvalue weighted by Crippen LogP contribution is -2.36. The van der Waals surface area contributed by atoms with Gasteiger partial charge in [-0.2, -0.15) is 4.98 Å². The topological polar surface area (TPSA) is 80.0 Å². The van der Waals surface area contributed by atoms with E-state index in [1.165, 1.54) is 0 Å². The van der Waals surface area contributed by atoms with Gasteiger partial charge in [-0.1, -0.05) is 49.7 Å². The third kappa shape index (κ3) is 3.17. The van der Waals surface area contributed by atoms with Crippen molar-refractivity contribution < 1.29 is 9.90 Å². The number of anilines is 1. The molecule has 6 nitrogen and oxygen atoms in total. The molecule has 2 N–H and O–H groups in total. The summed E-state index contributed by atoms with van der Waals surface area (Å²) in [5, 5.41) is 18.8. The predicted octanol–water partition coefficient (Wildman–Crippen LogP) is 4.96. The Morgan fingerprint density at radius 3 is 2.73 bits per heavy atom. The summed E-state index contributed by atoms with van der Waals surface area (Å²) in [4.78, 5) is 17.9. The van der Waals surface area contributed by atoms with Crippen molar-refractivity contribution in [3.63, 3.8) is 0 Å². The van der Waals surface area contributed by atoms with Crippen LogP contribution in [0.25, 0.3) is 11.4 Å². The van der Waals surface area contributed by atoms with Crippen molar-refractivity contribution in [1.29, 1.82) is 0 Å². The van der Waals surface area contributed by atoms with Crippen LogP contribution in [0.15, 0.2) is 59.8 Å². The van der Waals surface area contributed by atoms with Gasteiger partial charge in [0.25, 0.3) is 0 Å². The van der Waals surface area contributed by atoms with E-state index < -0.39 is 6.04 Å².